The topological polar surface area (TPSA) is 12.5 Å². The largest absolute Gasteiger partial charge is 0.414 e. The fraction of sp³-hybridized carbons (Fsp3) is 1.00. The first-order valence-electron chi connectivity index (χ1n) is 11.2. The average molecular weight is 382 g/mol. The second kappa shape index (κ2) is 7.87. The van der Waals surface area contributed by atoms with Gasteiger partial charge in [-0.3, -0.25) is 4.90 Å². The quantitative estimate of drug-likeness (QED) is 0.499. The van der Waals surface area contributed by atoms with Crippen LogP contribution in [0, 0.1) is 23.7 Å². The SMILES string of the molecule is CC(C)[C@@H]1CCN(C(C)(C)[C@@H]2CC[C@@H](C)C[C@H]2O[Si](C)(C)C(C)(C)C)C1. The van der Waals surface area contributed by atoms with Crippen molar-refractivity contribution in [1.82, 2.24) is 4.90 Å². The van der Waals surface area contributed by atoms with Crippen LogP contribution in [0.3, 0.4) is 0 Å². The van der Waals surface area contributed by atoms with E-state index >= 15 is 0 Å². The highest BCUT2D eigenvalue weighted by atomic mass is 28.4. The summed E-state index contributed by atoms with van der Waals surface area (Å²) >= 11 is 0. The van der Waals surface area contributed by atoms with E-state index in [0.717, 1.165) is 17.8 Å². The molecule has 0 aromatic heterocycles. The first-order valence-corrected chi connectivity index (χ1v) is 14.1. The molecule has 1 saturated carbocycles. The summed E-state index contributed by atoms with van der Waals surface area (Å²) in [5.74, 6) is 3.15. The molecule has 2 fully saturated rings. The molecular weight excluding hydrogens is 334 g/mol. The summed E-state index contributed by atoms with van der Waals surface area (Å²) in [5, 5.41) is 0.290. The van der Waals surface area contributed by atoms with Crippen molar-refractivity contribution in [3.63, 3.8) is 0 Å². The number of rotatable bonds is 5. The van der Waals surface area contributed by atoms with Crippen molar-refractivity contribution in [3.05, 3.63) is 0 Å². The molecule has 3 heteroatoms. The third kappa shape index (κ3) is 4.75. The Kier molecular flexibility index (Phi) is 6.79. The van der Waals surface area contributed by atoms with Gasteiger partial charge < -0.3 is 4.43 Å². The van der Waals surface area contributed by atoms with Crippen molar-refractivity contribution in [2.75, 3.05) is 13.1 Å². The van der Waals surface area contributed by atoms with E-state index in [0.29, 0.717) is 17.1 Å². The third-order valence-corrected chi connectivity index (χ3v) is 12.7. The van der Waals surface area contributed by atoms with Gasteiger partial charge in [-0.15, -0.1) is 0 Å². The lowest BCUT2D eigenvalue weighted by molar-refractivity contribution is -0.0319. The van der Waals surface area contributed by atoms with Crippen LogP contribution in [0.5, 0.6) is 0 Å². The smallest absolute Gasteiger partial charge is 0.192 e. The first kappa shape index (κ1) is 22.4. The van der Waals surface area contributed by atoms with E-state index in [4.69, 9.17) is 4.43 Å². The van der Waals surface area contributed by atoms with Gasteiger partial charge in [-0.1, -0.05) is 48.0 Å². The Morgan fingerprint density at radius 3 is 2.12 bits per heavy atom. The van der Waals surface area contributed by atoms with Gasteiger partial charge in [0.05, 0.1) is 0 Å². The fourth-order valence-corrected chi connectivity index (χ4v) is 6.28. The van der Waals surface area contributed by atoms with Crippen molar-refractivity contribution >= 4 is 8.32 Å². The first-order chi connectivity index (χ1) is 11.8. The van der Waals surface area contributed by atoms with E-state index in [1.807, 2.05) is 0 Å². The van der Waals surface area contributed by atoms with Crippen LogP contribution in [0.4, 0.5) is 0 Å². The minimum atomic E-state index is -1.73. The molecule has 0 amide bonds. The van der Waals surface area contributed by atoms with Gasteiger partial charge in [-0.2, -0.15) is 0 Å². The number of hydrogen-bond donors (Lipinski definition) is 0. The Balaban J connectivity index is 2.18. The molecule has 0 bridgehead atoms. The maximum Gasteiger partial charge on any atom is 0.192 e. The molecular formula is C23H47NOSi. The molecule has 1 aliphatic heterocycles. The lowest BCUT2D eigenvalue weighted by Gasteiger charge is -2.51. The molecule has 0 radical (unpaired) electrons. The van der Waals surface area contributed by atoms with Gasteiger partial charge in [0.15, 0.2) is 8.32 Å². The highest BCUT2D eigenvalue weighted by Gasteiger charge is 2.48. The summed E-state index contributed by atoms with van der Waals surface area (Å²) in [7, 11) is -1.73. The van der Waals surface area contributed by atoms with Crippen molar-refractivity contribution in [1.29, 1.82) is 0 Å². The average Bonchev–Trinajstić information content (AvgIpc) is 2.96. The Hall–Kier alpha value is 0.137. The minimum Gasteiger partial charge on any atom is -0.414 e. The normalized spacial score (nSPS) is 32.4. The van der Waals surface area contributed by atoms with E-state index in [2.05, 4.69) is 73.4 Å². The Labute approximate surface area is 165 Å². The van der Waals surface area contributed by atoms with E-state index in [9.17, 15) is 0 Å². The zero-order valence-corrected chi connectivity index (χ0v) is 20.5. The van der Waals surface area contributed by atoms with Gasteiger partial charge in [0, 0.05) is 24.1 Å². The van der Waals surface area contributed by atoms with Crippen molar-refractivity contribution in [2.24, 2.45) is 23.7 Å². The molecule has 0 spiro atoms. The summed E-state index contributed by atoms with van der Waals surface area (Å²) in [5.41, 5.74) is 0.247. The van der Waals surface area contributed by atoms with Crippen LogP contribution in [0.25, 0.3) is 0 Å². The lowest BCUT2D eigenvalue weighted by atomic mass is 9.71. The summed E-state index contributed by atoms with van der Waals surface area (Å²) in [4.78, 5) is 2.81. The van der Waals surface area contributed by atoms with Crippen LogP contribution in [0.1, 0.15) is 81.1 Å². The molecule has 2 nitrogen and oxygen atoms in total. The summed E-state index contributed by atoms with van der Waals surface area (Å²) in [6, 6.07) is 0. The third-order valence-electron chi connectivity index (χ3n) is 8.20. The van der Waals surface area contributed by atoms with Crippen LogP contribution in [0.15, 0.2) is 0 Å². The van der Waals surface area contributed by atoms with Crippen LogP contribution in [-0.4, -0.2) is 37.9 Å². The summed E-state index contributed by atoms with van der Waals surface area (Å²) in [6.45, 7) is 26.8. The molecule has 4 atom stereocenters. The monoisotopic (exact) mass is 381 g/mol. The molecule has 2 rings (SSSR count). The van der Waals surface area contributed by atoms with Gasteiger partial charge in [0.25, 0.3) is 0 Å². The lowest BCUT2D eigenvalue weighted by Crippen LogP contribution is -2.57. The second-order valence-electron chi connectivity index (χ2n) is 11.8. The van der Waals surface area contributed by atoms with E-state index in [1.54, 1.807) is 0 Å². The van der Waals surface area contributed by atoms with Crippen molar-refractivity contribution < 1.29 is 4.43 Å². The summed E-state index contributed by atoms with van der Waals surface area (Å²) < 4.78 is 7.06. The number of likely N-dealkylation sites (tertiary alicyclic amines) is 1. The number of nitrogens with zero attached hydrogens (tertiary/aromatic N) is 1. The van der Waals surface area contributed by atoms with Crippen molar-refractivity contribution in [2.45, 2.75) is 111 Å². The molecule has 26 heavy (non-hydrogen) atoms. The Morgan fingerprint density at radius 2 is 1.62 bits per heavy atom. The zero-order valence-electron chi connectivity index (χ0n) is 19.5. The molecule has 1 saturated heterocycles. The Bertz CT molecular complexity index is 465. The molecule has 0 aromatic carbocycles. The van der Waals surface area contributed by atoms with Crippen LogP contribution in [0.2, 0.25) is 18.1 Å². The summed E-state index contributed by atoms with van der Waals surface area (Å²) in [6.07, 6.45) is 5.76. The van der Waals surface area contributed by atoms with Gasteiger partial charge in [-0.25, -0.2) is 0 Å². The predicted octanol–water partition coefficient (Wildman–Crippen LogP) is 6.57. The van der Waals surface area contributed by atoms with Crippen LogP contribution in [-0.2, 0) is 4.43 Å². The molecule has 1 heterocycles. The van der Waals surface area contributed by atoms with Crippen LogP contribution >= 0.6 is 0 Å². The van der Waals surface area contributed by atoms with Crippen LogP contribution < -0.4 is 0 Å². The molecule has 0 N–H and O–H groups in total. The van der Waals surface area contributed by atoms with Gasteiger partial charge in [-0.05, 0) is 75.5 Å². The minimum absolute atomic E-state index is 0.247. The maximum absolute atomic E-state index is 7.06. The van der Waals surface area contributed by atoms with Gasteiger partial charge in [0.2, 0.25) is 0 Å². The number of hydrogen-bond acceptors (Lipinski definition) is 2. The standard InChI is InChI=1S/C23H47NOSi/c1-17(2)19-13-14-24(16-19)23(7,8)20-12-11-18(3)15-21(20)25-26(9,10)22(4,5)6/h17-21H,11-16H2,1-10H3/t18-,19-,20-,21-/m1/s1. The van der Waals surface area contributed by atoms with Gasteiger partial charge in [0.1, 0.15) is 0 Å². The predicted molar refractivity (Wildman–Crippen MR) is 117 cm³/mol. The molecule has 0 aromatic rings. The van der Waals surface area contributed by atoms with E-state index in [-0.39, 0.29) is 5.54 Å². The zero-order chi connectivity index (χ0) is 19.9. The van der Waals surface area contributed by atoms with E-state index < -0.39 is 8.32 Å². The molecule has 2 aliphatic rings. The van der Waals surface area contributed by atoms with E-state index in [1.165, 1.54) is 38.8 Å². The fourth-order valence-electron chi connectivity index (χ4n) is 4.91. The highest BCUT2D eigenvalue weighted by Crippen LogP contribution is 2.46. The molecule has 0 unspecified atom stereocenters. The Morgan fingerprint density at radius 1 is 1.00 bits per heavy atom. The second-order valence-corrected chi connectivity index (χ2v) is 16.6. The molecule has 1 aliphatic carbocycles. The highest BCUT2D eigenvalue weighted by molar-refractivity contribution is 6.74. The van der Waals surface area contributed by atoms with Gasteiger partial charge >= 0.3 is 0 Å². The maximum atomic E-state index is 7.06. The molecule has 154 valence electrons. The van der Waals surface area contributed by atoms with Crippen molar-refractivity contribution in [3.8, 4) is 0 Å².